The molecule has 7 nitrogen and oxygen atoms in total. The standard InChI is InChI=1S/C14H13N5O2S/c20-11-7-9-8(3-1-4-10(9)15-11)12(21)16-13-17-18-14-19(13)5-2-6-22-14/h1,3-4H,2,5-7H2,(H,15,20)(H,16,17,21). The maximum Gasteiger partial charge on any atom is 0.258 e. The van der Waals surface area contributed by atoms with E-state index in [-0.39, 0.29) is 18.2 Å². The van der Waals surface area contributed by atoms with E-state index >= 15 is 0 Å². The number of benzene rings is 1. The molecular weight excluding hydrogens is 302 g/mol. The normalized spacial score (nSPS) is 15.9. The van der Waals surface area contributed by atoms with Crippen LogP contribution in [0.25, 0.3) is 0 Å². The second-order valence-corrected chi connectivity index (χ2v) is 6.23. The molecule has 0 saturated heterocycles. The third kappa shape index (κ3) is 2.16. The number of aromatic nitrogens is 3. The molecule has 1 aromatic heterocycles. The van der Waals surface area contributed by atoms with E-state index in [1.54, 1.807) is 30.0 Å². The summed E-state index contributed by atoms with van der Waals surface area (Å²) in [6.07, 6.45) is 1.25. The van der Waals surface area contributed by atoms with Gasteiger partial charge < -0.3 is 5.32 Å². The summed E-state index contributed by atoms with van der Waals surface area (Å²) in [7, 11) is 0. The van der Waals surface area contributed by atoms with E-state index in [0.717, 1.165) is 29.4 Å². The number of hydrogen-bond acceptors (Lipinski definition) is 5. The molecule has 0 fully saturated rings. The molecule has 0 radical (unpaired) electrons. The summed E-state index contributed by atoms with van der Waals surface area (Å²) in [5, 5.41) is 14.5. The van der Waals surface area contributed by atoms with E-state index < -0.39 is 0 Å². The highest BCUT2D eigenvalue weighted by atomic mass is 32.2. The summed E-state index contributed by atoms with van der Waals surface area (Å²) in [6.45, 7) is 0.803. The zero-order chi connectivity index (χ0) is 15.1. The first-order chi connectivity index (χ1) is 10.7. The Hall–Kier alpha value is -2.35. The number of amides is 2. The van der Waals surface area contributed by atoms with Crippen LogP contribution >= 0.6 is 11.8 Å². The van der Waals surface area contributed by atoms with Gasteiger partial charge in [0.25, 0.3) is 5.91 Å². The van der Waals surface area contributed by atoms with Crippen molar-refractivity contribution >= 4 is 35.2 Å². The molecule has 2 N–H and O–H groups in total. The van der Waals surface area contributed by atoms with Crippen LogP contribution in [0.3, 0.4) is 0 Å². The molecule has 0 atom stereocenters. The summed E-state index contributed by atoms with van der Waals surface area (Å²) >= 11 is 1.64. The first-order valence-corrected chi connectivity index (χ1v) is 8.00. The van der Waals surface area contributed by atoms with E-state index in [1.165, 1.54) is 0 Å². The van der Waals surface area contributed by atoms with Crippen molar-refractivity contribution in [3.63, 3.8) is 0 Å². The van der Waals surface area contributed by atoms with Crippen molar-refractivity contribution < 1.29 is 9.59 Å². The Morgan fingerprint density at radius 1 is 1.36 bits per heavy atom. The molecule has 1 aromatic carbocycles. The van der Waals surface area contributed by atoms with E-state index in [9.17, 15) is 9.59 Å². The highest BCUT2D eigenvalue weighted by Gasteiger charge is 2.25. The number of rotatable bonds is 2. The van der Waals surface area contributed by atoms with Crippen molar-refractivity contribution in [1.82, 2.24) is 14.8 Å². The van der Waals surface area contributed by atoms with E-state index in [0.29, 0.717) is 17.2 Å². The van der Waals surface area contributed by atoms with E-state index in [1.807, 2.05) is 4.57 Å². The molecule has 2 amide bonds. The quantitative estimate of drug-likeness (QED) is 0.877. The molecule has 0 bridgehead atoms. The van der Waals surface area contributed by atoms with Crippen molar-refractivity contribution in [1.29, 1.82) is 0 Å². The van der Waals surface area contributed by atoms with Crippen LogP contribution in [0.15, 0.2) is 23.4 Å². The van der Waals surface area contributed by atoms with Gasteiger partial charge in [0.1, 0.15) is 0 Å². The molecule has 0 spiro atoms. The summed E-state index contributed by atoms with van der Waals surface area (Å²) in [5.41, 5.74) is 1.94. The van der Waals surface area contributed by atoms with Gasteiger partial charge in [-0.3, -0.25) is 19.5 Å². The Morgan fingerprint density at radius 3 is 3.18 bits per heavy atom. The molecular formula is C14H13N5O2S. The molecule has 3 heterocycles. The molecule has 8 heteroatoms. The van der Waals surface area contributed by atoms with Crippen LogP contribution in [-0.4, -0.2) is 32.3 Å². The number of hydrogen-bond donors (Lipinski definition) is 2. The molecule has 2 aromatic rings. The summed E-state index contributed by atoms with van der Waals surface area (Å²) in [4.78, 5) is 24.0. The molecule has 112 valence electrons. The smallest absolute Gasteiger partial charge is 0.258 e. The Bertz CT molecular complexity index is 786. The van der Waals surface area contributed by atoms with Gasteiger partial charge in [0, 0.05) is 23.5 Å². The number of nitrogens with zero attached hydrogens (tertiary/aromatic N) is 3. The number of thioether (sulfide) groups is 1. The molecule has 2 aliphatic rings. The molecule has 0 aliphatic carbocycles. The lowest BCUT2D eigenvalue weighted by Gasteiger charge is -2.14. The van der Waals surface area contributed by atoms with Crippen molar-refractivity contribution in [2.75, 3.05) is 16.4 Å². The topological polar surface area (TPSA) is 88.9 Å². The van der Waals surface area contributed by atoms with E-state index in [2.05, 4.69) is 20.8 Å². The fourth-order valence-corrected chi connectivity index (χ4v) is 3.59. The average molecular weight is 315 g/mol. The third-order valence-electron chi connectivity index (χ3n) is 3.73. The first-order valence-electron chi connectivity index (χ1n) is 7.01. The van der Waals surface area contributed by atoms with Crippen LogP contribution in [0.4, 0.5) is 11.6 Å². The number of nitrogens with one attached hydrogen (secondary N) is 2. The van der Waals surface area contributed by atoms with E-state index in [4.69, 9.17) is 0 Å². The van der Waals surface area contributed by atoms with Crippen LogP contribution in [0.5, 0.6) is 0 Å². The predicted octanol–water partition coefficient (Wildman–Crippen LogP) is 1.52. The minimum Gasteiger partial charge on any atom is -0.326 e. The fourth-order valence-electron chi connectivity index (χ4n) is 2.71. The molecule has 0 saturated carbocycles. The number of carbonyl (C=O) groups is 2. The fraction of sp³-hybridized carbons (Fsp3) is 0.286. The molecule has 2 aliphatic heterocycles. The summed E-state index contributed by atoms with van der Waals surface area (Å²) in [5.74, 6) is 1.12. The maximum absolute atomic E-state index is 12.5. The number of fused-ring (bicyclic) bond motifs is 2. The van der Waals surface area contributed by atoms with Gasteiger partial charge in [-0.2, -0.15) is 0 Å². The lowest BCUT2D eigenvalue weighted by atomic mass is 10.0. The monoisotopic (exact) mass is 315 g/mol. The van der Waals surface area contributed by atoms with Crippen LogP contribution in [0.1, 0.15) is 22.3 Å². The minimum atomic E-state index is -0.265. The van der Waals surface area contributed by atoms with Gasteiger partial charge >= 0.3 is 0 Å². The Balaban J connectivity index is 1.63. The first kappa shape index (κ1) is 13.3. The van der Waals surface area contributed by atoms with Crippen molar-refractivity contribution in [2.24, 2.45) is 0 Å². The molecule has 4 rings (SSSR count). The molecule has 0 unspecified atom stereocenters. The molecule has 22 heavy (non-hydrogen) atoms. The van der Waals surface area contributed by atoms with Gasteiger partial charge in [0.15, 0.2) is 5.16 Å². The van der Waals surface area contributed by atoms with Gasteiger partial charge in [0.05, 0.1) is 6.42 Å². The van der Waals surface area contributed by atoms with Crippen molar-refractivity contribution in [2.45, 2.75) is 24.5 Å². The summed E-state index contributed by atoms with van der Waals surface area (Å²) in [6, 6.07) is 5.28. The third-order valence-corrected chi connectivity index (χ3v) is 4.78. The van der Waals surface area contributed by atoms with Crippen LogP contribution in [-0.2, 0) is 17.8 Å². The SMILES string of the molecule is O=C1Cc2c(cccc2C(=O)Nc2nnc3n2CCCS3)N1. The van der Waals surface area contributed by atoms with Crippen molar-refractivity contribution in [3.05, 3.63) is 29.3 Å². The van der Waals surface area contributed by atoms with Gasteiger partial charge in [-0.05, 0) is 24.1 Å². The second-order valence-electron chi connectivity index (χ2n) is 5.17. The summed E-state index contributed by atoms with van der Waals surface area (Å²) < 4.78 is 1.92. The Labute approximate surface area is 130 Å². The van der Waals surface area contributed by atoms with Gasteiger partial charge in [-0.25, -0.2) is 0 Å². The van der Waals surface area contributed by atoms with Gasteiger partial charge in [-0.1, -0.05) is 17.8 Å². The predicted molar refractivity (Wildman–Crippen MR) is 82.1 cm³/mol. The number of anilines is 2. The number of carbonyl (C=O) groups excluding carboxylic acids is 2. The van der Waals surface area contributed by atoms with Crippen LogP contribution in [0.2, 0.25) is 0 Å². The zero-order valence-corrected chi connectivity index (χ0v) is 12.4. The highest BCUT2D eigenvalue weighted by molar-refractivity contribution is 7.99. The lowest BCUT2D eigenvalue weighted by molar-refractivity contribution is -0.115. The minimum absolute atomic E-state index is 0.0912. The van der Waals surface area contributed by atoms with Gasteiger partial charge in [-0.15, -0.1) is 10.2 Å². The Kier molecular flexibility index (Phi) is 3.11. The highest BCUT2D eigenvalue weighted by Crippen LogP contribution is 2.28. The second kappa shape index (κ2) is 5.13. The largest absolute Gasteiger partial charge is 0.326 e. The van der Waals surface area contributed by atoms with Gasteiger partial charge in [0.2, 0.25) is 11.9 Å². The zero-order valence-electron chi connectivity index (χ0n) is 11.6. The van der Waals surface area contributed by atoms with Crippen molar-refractivity contribution in [3.8, 4) is 0 Å². The lowest BCUT2D eigenvalue weighted by Crippen LogP contribution is -2.19. The average Bonchev–Trinajstić information content (AvgIpc) is 3.09. The Morgan fingerprint density at radius 2 is 2.27 bits per heavy atom. The maximum atomic E-state index is 12.5. The van der Waals surface area contributed by atoms with Crippen LogP contribution in [0, 0.1) is 0 Å². The van der Waals surface area contributed by atoms with Crippen LogP contribution < -0.4 is 10.6 Å².